The van der Waals surface area contributed by atoms with Crippen molar-refractivity contribution in [3.63, 3.8) is 0 Å². The van der Waals surface area contributed by atoms with E-state index in [1.54, 1.807) is 61.6 Å². The number of rotatable bonds is 8. The fourth-order valence-electron chi connectivity index (χ4n) is 7.01. The molecule has 3 aromatic rings. The van der Waals surface area contributed by atoms with E-state index in [9.17, 15) is 28.7 Å². The molecule has 3 amide bonds. The average molecular weight is 635 g/mol. The summed E-state index contributed by atoms with van der Waals surface area (Å²) < 4.78 is 20.9. The Morgan fingerprint density at radius 3 is 2.33 bits per heavy atom. The quantitative estimate of drug-likeness (QED) is 0.284. The highest BCUT2D eigenvalue weighted by Crippen LogP contribution is 2.39. The van der Waals surface area contributed by atoms with Gasteiger partial charge >= 0.3 is 12.1 Å². The van der Waals surface area contributed by atoms with E-state index in [2.05, 4.69) is 10.6 Å². The van der Waals surface area contributed by atoms with Crippen LogP contribution in [-0.4, -0.2) is 69.4 Å². The molecule has 5 rings (SSSR count). The van der Waals surface area contributed by atoms with E-state index in [-0.39, 0.29) is 35.3 Å². The molecule has 0 bridgehead atoms. The highest BCUT2D eigenvalue weighted by Gasteiger charge is 2.45. The Balaban J connectivity index is 1.30. The van der Waals surface area contributed by atoms with Crippen LogP contribution in [-0.2, 0) is 21.4 Å². The van der Waals surface area contributed by atoms with Gasteiger partial charge in [0, 0.05) is 42.0 Å². The normalized spacial score (nSPS) is 22.3. The van der Waals surface area contributed by atoms with Gasteiger partial charge in [-0.2, -0.15) is 0 Å². The monoisotopic (exact) mass is 634 g/mol. The van der Waals surface area contributed by atoms with Crippen LogP contribution in [0.3, 0.4) is 0 Å². The maximum Gasteiger partial charge on any atom is 0.407 e. The number of carboxylic acids is 1. The van der Waals surface area contributed by atoms with Crippen LogP contribution in [0.4, 0.5) is 14.9 Å². The smallest absolute Gasteiger partial charge is 0.407 e. The predicted octanol–water partition coefficient (Wildman–Crippen LogP) is 5.87. The topological polar surface area (TPSA) is 130 Å². The SMILES string of the molecule is Cn1c(C(=O)O)cc2cc(NC(=O)[C@@H]3[C@H](c4ccccc4)CCN3C(=O)[C@H]3CC[C@H]([C@@H](CF)NC(=O)OC(C)(C)C)CC3)ccc21. The molecule has 1 aliphatic carbocycles. The average Bonchev–Trinajstić information content (AvgIpc) is 3.61. The molecule has 2 aliphatic rings. The molecule has 1 saturated heterocycles. The molecule has 0 radical (unpaired) electrons. The van der Waals surface area contributed by atoms with Crippen molar-refractivity contribution >= 4 is 40.5 Å². The first-order valence-corrected chi connectivity index (χ1v) is 15.9. The first kappa shape index (κ1) is 33.0. The number of nitrogens with one attached hydrogen (secondary N) is 2. The molecule has 3 N–H and O–H groups in total. The molecular weight excluding hydrogens is 591 g/mol. The number of aryl methyl sites for hydroxylation is 1. The number of benzene rings is 2. The Morgan fingerprint density at radius 1 is 1.00 bits per heavy atom. The number of carbonyl (C=O) groups is 4. The first-order valence-electron chi connectivity index (χ1n) is 15.9. The Hall–Kier alpha value is -4.41. The summed E-state index contributed by atoms with van der Waals surface area (Å²) in [5, 5.41) is 15.9. The maximum absolute atomic E-state index is 14.0. The fourth-order valence-corrected chi connectivity index (χ4v) is 7.01. The number of halogens is 1. The van der Waals surface area contributed by atoms with Gasteiger partial charge in [-0.3, -0.25) is 9.59 Å². The van der Waals surface area contributed by atoms with E-state index in [1.165, 1.54) is 0 Å². The van der Waals surface area contributed by atoms with Gasteiger partial charge in [0.2, 0.25) is 11.8 Å². The number of aromatic nitrogens is 1. The molecule has 246 valence electrons. The molecule has 1 aliphatic heterocycles. The Kier molecular flexibility index (Phi) is 9.69. The molecule has 1 aromatic heterocycles. The summed E-state index contributed by atoms with van der Waals surface area (Å²) >= 11 is 0. The lowest BCUT2D eigenvalue weighted by atomic mass is 9.78. The fraction of sp³-hybridized carbons (Fsp3) is 0.486. The van der Waals surface area contributed by atoms with Crippen molar-refractivity contribution in [2.45, 2.75) is 76.5 Å². The number of hydrogen-bond donors (Lipinski definition) is 3. The van der Waals surface area contributed by atoms with E-state index in [0.717, 1.165) is 11.1 Å². The summed E-state index contributed by atoms with van der Waals surface area (Å²) in [5.41, 5.74) is 1.67. The summed E-state index contributed by atoms with van der Waals surface area (Å²) in [5.74, 6) is -2.05. The van der Waals surface area contributed by atoms with Crippen LogP contribution in [0.25, 0.3) is 10.9 Å². The maximum atomic E-state index is 14.0. The molecule has 3 atom stereocenters. The van der Waals surface area contributed by atoms with Gasteiger partial charge in [0.25, 0.3) is 0 Å². The summed E-state index contributed by atoms with van der Waals surface area (Å²) in [6.45, 7) is 4.97. The summed E-state index contributed by atoms with van der Waals surface area (Å²) in [6, 6.07) is 15.1. The highest BCUT2D eigenvalue weighted by atomic mass is 19.1. The molecule has 2 heterocycles. The largest absolute Gasteiger partial charge is 0.477 e. The van der Waals surface area contributed by atoms with E-state index < -0.39 is 36.4 Å². The van der Waals surface area contributed by atoms with Crippen molar-refractivity contribution in [3.8, 4) is 0 Å². The van der Waals surface area contributed by atoms with E-state index >= 15 is 0 Å². The Bertz CT molecular complexity index is 1590. The Labute approximate surface area is 268 Å². The number of ether oxygens (including phenoxy) is 1. The van der Waals surface area contributed by atoms with Crippen molar-refractivity contribution < 1.29 is 33.4 Å². The number of carbonyl (C=O) groups excluding carboxylic acids is 3. The molecule has 2 fully saturated rings. The van der Waals surface area contributed by atoms with Crippen molar-refractivity contribution in [2.24, 2.45) is 18.9 Å². The number of nitrogens with zero attached hydrogens (tertiary/aromatic N) is 2. The van der Waals surface area contributed by atoms with Gasteiger partial charge in [-0.05, 0) is 88.6 Å². The van der Waals surface area contributed by atoms with Crippen LogP contribution >= 0.6 is 0 Å². The van der Waals surface area contributed by atoms with Gasteiger partial charge in [0.15, 0.2) is 0 Å². The third kappa shape index (κ3) is 7.18. The van der Waals surface area contributed by atoms with Gasteiger partial charge in [0.1, 0.15) is 24.0 Å². The number of amides is 3. The van der Waals surface area contributed by atoms with Crippen LogP contribution in [0, 0.1) is 11.8 Å². The molecule has 46 heavy (non-hydrogen) atoms. The lowest BCUT2D eigenvalue weighted by molar-refractivity contribution is -0.141. The minimum atomic E-state index is -1.04. The third-order valence-corrected chi connectivity index (χ3v) is 9.26. The van der Waals surface area contributed by atoms with E-state index in [0.29, 0.717) is 49.7 Å². The van der Waals surface area contributed by atoms with Gasteiger partial charge in [-0.1, -0.05) is 30.3 Å². The minimum Gasteiger partial charge on any atom is -0.477 e. The zero-order valence-corrected chi connectivity index (χ0v) is 26.8. The van der Waals surface area contributed by atoms with Crippen LogP contribution in [0.2, 0.25) is 0 Å². The van der Waals surface area contributed by atoms with Crippen LogP contribution in [0.1, 0.15) is 74.8 Å². The Morgan fingerprint density at radius 2 is 1.70 bits per heavy atom. The number of aromatic carboxylic acids is 1. The van der Waals surface area contributed by atoms with Gasteiger partial charge in [-0.15, -0.1) is 0 Å². The molecular formula is C35H43FN4O6. The molecule has 0 spiro atoms. The van der Waals surface area contributed by atoms with Gasteiger partial charge < -0.3 is 29.9 Å². The van der Waals surface area contributed by atoms with Crippen LogP contribution in [0.5, 0.6) is 0 Å². The number of alkyl carbamates (subject to hydrolysis) is 1. The second kappa shape index (κ2) is 13.5. The number of alkyl halides is 1. The number of hydrogen-bond acceptors (Lipinski definition) is 5. The zero-order valence-electron chi connectivity index (χ0n) is 26.8. The van der Waals surface area contributed by atoms with Crippen LogP contribution < -0.4 is 10.6 Å². The second-order valence-electron chi connectivity index (χ2n) is 13.5. The van der Waals surface area contributed by atoms with Crippen molar-refractivity contribution in [3.05, 3.63) is 65.9 Å². The molecule has 11 heteroatoms. The van der Waals surface area contributed by atoms with Crippen LogP contribution in [0.15, 0.2) is 54.6 Å². The first-order chi connectivity index (χ1) is 21.9. The predicted molar refractivity (Wildman–Crippen MR) is 172 cm³/mol. The summed E-state index contributed by atoms with van der Waals surface area (Å²) in [4.78, 5) is 53.6. The zero-order chi connectivity index (χ0) is 33.2. The van der Waals surface area contributed by atoms with Crippen molar-refractivity contribution in [2.75, 3.05) is 18.5 Å². The van der Waals surface area contributed by atoms with E-state index in [1.807, 2.05) is 30.3 Å². The molecule has 1 saturated carbocycles. The second-order valence-corrected chi connectivity index (χ2v) is 13.5. The molecule has 0 unspecified atom stereocenters. The number of fused-ring (bicyclic) bond motifs is 1. The summed E-state index contributed by atoms with van der Waals surface area (Å²) in [7, 11) is 1.68. The summed E-state index contributed by atoms with van der Waals surface area (Å²) in [6.07, 6.45) is 2.19. The minimum absolute atomic E-state index is 0.0847. The third-order valence-electron chi connectivity index (χ3n) is 9.26. The number of carboxylic acid groups (broad SMARTS) is 1. The molecule has 2 aromatic carbocycles. The number of likely N-dealkylation sites (tertiary alicyclic amines) is 1. The molecule has 10 nitrogen and oxygen atoms in total. The standard InChI is InChI=1S/C35H43FN4O6/c1-35(2,3)46-34(45)38-27(20-36)22-10-12-23(13-11-22)32(42)40-17-16-26(21-8-6-5-7-9-21)30(40)31(41)37-25-14-15-28-24(18-25)19-29(33(43)44)39(28)4/h5-9,14-15,18-19,22-23,26-27,30H,10-13,16-17,20H2,1-4H3,(H,37,41)(H,38,45)(H,43,44)/t22-,23-,26-,27+,30-/m0/s1. The van der Waals surface area contributed by atoms with Gasteiger partial charge in [-0.25, -0.2) is 14.0 Å². The lowest BCUT2D eigenvalue weighted by Gasteiger charge is -2.36. The van der Waals surface area contributed by atoms with Crippen molar-refractivity contribution in [1.29, 1.82) is 0 Å². The van der Waals surface area contributed by atoms with Gasteiger partial charge in [0.05, 0.1) is 6.04 Å². The lowest BCUT2D eigenvalue weighted by Crippen LogP contribution is -2.49. The van der Waals surface area contributed by atoms with E-state index in [4.69, 9.17) is 4.74 Å². The van der Waals surface area contributed by atoms with Crippen molar-refractivity contribution in [1.82, 2.24) is 14.8 Å². The highest BCUT2D eigenvalue weighted by molar-refractivity contribution is 6.01. The number of anilines is 1.